The van der Waals surface area contributed by atoms with Gasteiger partial charge in [-0.05, 0) is 93.8 Å². The van der Waals surface area contributed by atoms with E-state index < -0.39 is 5.60 Å². The molecule has 1 aliphatic heterocycles. The fraction of sp³-hybridized carbons (Fsp3) is 0.462. The van der Waals surface area contributed by atoms with E-state index >= 15 is 0 Å². The van der Waals surface area contributed by atoms with Crippen LogP contribution in [-0.2, 0) is 4.74 Å². The molecule has 0 aromatic heterocycles. The van der Waals surface area contributed by atoms with E-state index in [0.29, 0.717) is 11.6 Å². The number of hydrogen-bond donors (Lipinski definition) is 1. The molecule has 0 saturated carbocycles. The number of esters is 1. The monoisotopic (exact) mass is 598 g/mol. The summed E-state index contributed by atoms with van der Waals surface area (Å²) in [5.41, 5.74) is 0.264. The first-order valence-electron chi connectivity index (χ1n) is 5.92. The van der Waals surface area contributed by atoms with Crippen molar-refractivity contribution < 1.29 is 14.4 Å². The largest absolute Gasteiger partial charge is 0.449 e. The molecule has 6 heteroatoms. The van der Waals surface area contributed by atoms with Gasteiger partial charge in [0.05, 0.1) is 12.6 Å². The van der Waals surface area contributed by atoms with E-state index in [4.69, 9.17) is 4.74 Å². The molecule has 2 atom stereocenters. The summed E-state index contributed by atoms with van der Waals surface area (Å²) in [6, 6.07) is 4.37. The Kier molecular flexibility index (Phi) is 5.05. The maximum Gasteiger partial charge on any atom is 0.340 e. The molecular formula is C13H15I3NO2+. The van der Waals surface area contributed by atoms with Crippen molar-refractivity contribution >= 4 is 73.7 Å². The zero-order valence-electron chi connectivity index (χ0n) is 10.9. The Bertz CT molecular complexity index is 531. The second-order valence-corrected chi connectivity index (χ2v) is 8.83. The Balaban J connectivity index is 2.21. The van der Waals surface area contributed by atoms with Crippen molar-refractivity contribution in [3.63, 3.8) is 0 Å². The van der Waals surface area contributed by atoms with E-state index in [1.54, 1.807) is 0 Å². The second-order valence-electron chi connectivity index (χ2n) is 5.35. The Morgan fingerprint density at radius 3 is 2.47 bits per heavy atom. The van der Waals surface area contributed by atoms with E-state index in [9.17, 15) is 4.79 Å². The van der Waals surface area contributed by atoms with Gasteiger partial charge in [-0.25, -0.2) is 4.79 Å². The molecule has 2 rings (SSSR count). The molecule has 1 fully saturated rings. The topological polar surface area (TPSA) is 30.7 Å². The normalized spacial score (nSPS) is 22.2. The van der Waals surface area contributed by atoms with Crippen LogP contribution in [0.3, 0.4) is 0 Å². The summed E-state index contributed by atoms with van der Waals surface area (Å²) in [7, 11) is 2.12. The van der Waals surface area contributed by atoms with Crippen LogP contribution in [0.5, 0.6) is 0 Å². The molecule has 1 aliphatic rings. The fourth-order valence-corrected chi connectivity index (χ4v) is 4.55. The molecule has 104 valence electrons. The van der Waals surface area contributed by atoms with Gasteiger partial charge in [-0.2, -0.15) is 0 Å². The van der Waals surface area contributed by atoms with Crippen LogP contribution in [0.1, 0.15) is 24.2 Å². The van der Waals surface area contributed by atoms with E-state index in [2.05, 4.69) is 80.9 Å². The molecule has 19 heavy (non-hydrogen) atoms. The summed E-state index contributed by atoms with van der Waals surface area (Å²) >= 11 is 6.69. The summed E-state index contributed by atoms with van der Waals surface area (Å²) in [6.45, 7) is 5.07. The van der Waals surface area contributed by atoms with Gasteiger partial charge in [0.1, 0.15) is 6.54 Å². The van der Waals surface area contributed by atoms with E-state index in [-0.39, 0.29) is 5.97 Å². The highest BCUT2D eigenvalue weighted by Crippen LogP contribution is 2.26. The molecule has 1 aromatic rings. The van der Waals surface area contributed by atoms with E-state index in [0.717, 1.165) is 17.3 Å². The maximum absolute atomic E-state index is 12.4. The lowest BCUT2D eigenvalue weighted by Gasteiger charge is -2.22. The van der Waals surface area contributed by atoms with Crippen LogP contribution in [0.25, 0.3) is 0 Å². The number of nitrogens with one attached hydrogen (secondary N) is 1. The molecular weight excluding hydrogens is 583 g/mol. The molecule has 0 aliphatic carbocycles. The van der Waals surface area contributed by atoms with Crippen LogP contribution in [0.2, 0.25) is 0 Å². The summed E-state index contributed by atoms with van der Waals surface area (Å²) in [6.07, 6.45) is 0. The number of carbonyl (C=O) groups is 1. The van der Waals surface area contributed by atoms with E-state index in [1.807, 2.05) is 19.9 Å². The average Bonchev–Trinajstić information content (AvgIpc) is 3.01. The van der Waals surface area contributed by atoms with Crippen molar-refractivity contribution in [1.29, 1.82) is 0 Å². The summed E-state index contributed by atoms with van der Waals surface area (Å²) in [5.74, 6) is -0.217. The zero-order chi connectivity index (χ0) is 14.4. The third-order valence-electron chi connectivity index (χ3n) is 3.37. The number of ether oxygens (including phenoxy) is 1. The van der Waals surface area contributed by atoms with Gasteiger partial charge in [-0.15, -0.1) is 0 Å². The first kappa shape index (κ1) is 16.2. The Hall–Kier alpha value is 0.840. The minimum absolute atomic E-state index is 0.217. The number of carbonyl (C=O) groups excluding carboxylic acids is 1. The average molecular weight is 598 g/mol. The third-order valence-corrected chi connectivity index (χ3v) is 7.04. The van der Waals surface area contributed by atoms with E-state index in [1.165, 1.54) is 4.90 Å². The predicted octanol–water partition coefficient (Wildman–Crippen LogP) is 2.33. The molecule has 0 radical (unpaired) electrons. The van der Waals surface area contributed by atoms with Gasteiger partial charge in [-0.3, -0.25) is 0 Å². The van der Waals surface area contributed by atoms with Gasteiger partial charge >= 0.3 is 5.97 Å². The number of halogens is 3. The molecule has 2 unspecified atom stereocenters. The lowest BCUT2D eigenvalue weighted by Crippen LogP contribution is -2.92. The first-order valence-corrected chi connectivity index (χ1v) is 9.16. The van der Waals surface area contributed by atoms with Crippen molar-refractivity contribution in [2.45, 2.75) is 25.5 Å². The highest BCUT2D eigenvalue weighted by atomic mass is 127. The van der Waals surface area contributed by atoms with Crippen LogP contribution in [0.15, 0.2) is 12.1 Å². The van der Waals surface area contributed by atoms with Crippen molar-refractivity contribution in [1.82, 2.24) is 0 Å². The molecule has 1 heterocycles. The van der Waals surface area contributed by atoms with Crippen molar-refractivity contribution in [2.24, 2.45) is 0 Å². The van der Waals surface area contributed by atoms with Gasteiger partial charge in [0.15, 0.2) is 11.6 Å². The summed E-state index contributed by atoms with van der Waals surface area (Å²) < 4.78 is 8.85. The highest BCUT2D eigenvalue weighted by Gasteiger charge is 2.51. The number of likely N-dealkylation sites (N-methyl/N-ethyl adjacent to an activating group) is 1. The van der Waals surface area contributed by atoms with Crippen molar-refractivity contribution in [3.8, 4) is 0 Å². The number of quaternary nitrogens is 1. The van der Waals surface area contributed by atoms with Gasteiger partial charge in [-0.1, -0.05) is 0 Å². The number of rotatable bonds is 3. The molecule has 0 bridgehead atoms. The molecule has 1 N–H and O–H groups in total. The molecule has 1 saturated heterocycles. The van der Waals surface area contributed by atoms with Gasteiger partial charge in [0, 0.05) is 10.7 Å². The molecule has 3 nitrogen and oxygen atoms in total. The quantitative estimate of drug-likeness (QED) is 0.251. The SMILES string of the molecule is C[NH+]1CC1C(C)(C)OC(=O)c1cc(I)cc(I)c1I. The van der Waals surface area contributed by atoms with Crippen LogP contribution in [-0.4, -0.2) is 31.2 Å². The second kappa shape index (κ2) is 5.91. The maximum atomic E-state index is 12.4. The minimum atomic E-state index is -0.406. The lowest BCUT2D eigenvalue weighted by atomic mass is 10.1. The standard InChI is InChI=1S/C13H14I3NO2/c1-13(2,10-6-17(10)3)19-12(18)8-4-7(14)5-9(15)11(8)16/h4-5,10H,6H2,1-3H3/p+1. The van der Waals surface area contributed by atoms with Crippen LogP contribution in [0, 0.1) is 10.7 Å². The number of hydrogen-bond acceptors (Lipinski definition) is 2. The summed E-state index contributed by atoms with van der Waals surface area (Å²) in [4.78, 5) is 13.8. The Morgan fingerprint density at radius 2 is 1.95 bits per heavy atom. The lowest BCUT2D eigenvalue weighted by molar-refractivity contribution is -0.755. The Morgan fingerprint density at radius 1 is 1.37 bits per heavy atom. The van der Waals surface area contributed by atoms with Crippen molar-refractivity contribution in [2.75, 3.05) is 13.6 Å². The zero-order valence-corrected chi connectivity index (χ0v) is 17.4. The molecule has 0 spiro atoms. The van der Waals surface area contributed by atoms with Crippen LogP contribution >= 0.6 is 67.8 Å². The minimum Gasteiger partial charge on any atom is -0.449 e. The van der Waals surface area contributed by atoms with Crippen LogP contribution in [0.4, 0.5) is 0 Å². The van der Waals surface area contributed by atoms with Gasteiger partial charge in [0.25, 0.3) is 0 Å². The molecule has 0 amide bonds. The summed E-state index contributed by atoms with van der Waals surface area (Å²) in [5, 5.41) is 0. The number of benzene rings is 1. The van der Waals surface area contributed by atoms with Gasteiger partial charge in [0.2, 0.25) is 0 Å². The van der Waals surface area contributed by atoms with Crippen molar-refractivity contribution in [3.05, 3.63) is 28.4 Å². The highest BCUT2D eigenvalue weighted by molar-refractivity contribution is 14.1. The smallest absolute Gasteiger partial charge is 0.340 e. The Labute approximate surface area is 154 Å². The predicted molar refractivity (Wildman–Crippen MR) is 99.6 cm³/mol. The third kappa shape index (κ3) is 3.73. The fourth-order valence-electron chi connectivity index (χ4n) is 2.17. The van der Waals surface area contributed by atoms with Crippen LogP contribution < -0.4 is 4.90 Å². The van der Waals surface area contributed by atoms with Gasteiger partial charge < -0.3 is 9.64 Å². The first-order chi connectivity index (χ1) is 8.72. The molecule has 1 aromatic carbocycles.